The molecule has 2 unspecified atom stereocenters. The van der Waals surface area contributed by atoms with Gasteiger partial charge in [-0.3, -0.25) is 9.59 Å². The van der Waals surface area contributed by atoms with Gasteiger partial charge in [0.25, 0.3) is 0 Å². The van der Waals surface area contributed by atoms with Crippen molar-refractivity contribution in [3.63, 3.8) is 0 Å². The average Bonchev–Trinajstić information content (AvgIpc) is 2.14. The first-order valence-electron chi connectivity index (χ1n) is 6.49. The molecule has 0 saturated heterocycles. The minimum absolute atomic E-state index is 0.0681. The highest BCUT2D eigenvalue weighted by Crippen LogP contribution is 2.40. The second kappa shape index (κ2) is 5.65. The van der Waals surface area contributed by atoms with E-state index in [-0.39, 0.29) is 24.3 Å². The van der Waals surface area contributed by atoms with Crippen LogP contribution in [0.1, 0.15) is 59.8 Å². The molecule has 0 heterocycles. The van der Waals surface area contributed by atoms with E-state index in [1.165, 1.54) is 19.8 Å². The van der Waals surface area contributed by atoms with Crippen LogP contribution in [-0.2, 0) is 14.3 Å². The predicted molar refractivity (Wildman–Crippen MR) is 66.6 cm³/mol. The van der Waals surface area contributed by atoms with Crippen molar-refractivity contribution in [2.75, 3.05) is 0 Å². The third kappa shape index (κ3) is 4.88. The van der Waals surface area contributed by atoms with Crippen molar-refractivity contribution in [1.29, 1.82) is 0 Å². The number of hydrogen-bond acceptors (Lipinski definition) is 3. The van der Waals surface area contributed by atoms with Crippen LogP contribution in [0.2, 0.25) is 0 Å². The zero-order valence-corrected chi connectivity index (χ0v) is 11.4. The van der Waals surface area contributed by atoms with E-state index in [0.29, 0.717) is 11.3 Å². The Morgan fingerprint density at radius 1 is 1.41 bits per heavy atom. The van der Waals surface area contributed by atoms with Gasteiger partial charge in [-0.2, -0.15) is 0 Å². The third-order valence-corrected chi connectivity index (χ3v) is 3.62. The maximum absolute atomic E-state index is 11.4. The minimum Gasteiger partial charge on any atom is -0.462 e. The highest BCUT2D eigenvalue weighted by atomic mass is 16.5. The van der Waals surface area contributed by atoms with Crippen LogP contribution in [0.15, 0.2) is 0 Å². The molecule has 0 amide bonds. The van der Waals surface area contributed by atoms with Crippen LogP contribution in [0, 0.1) is 11.3 Å². The Morgan fingerprint density at radius 2 is 2.06 bits per heavy atom. The maximum Gasteiger partial charge on any atom is 0.313 e. The molecule has 0 N–H and O–H groups in total. The molecule has 98 valence electrons. The summed E-state index contributed by atoms with van der Waals surface area (Å²) in [5, 5.41) is 0. The van der Waals surface area contributed by atoms with Gasteiger partial charge in [-0.1, -0.05) is 20.3 Å². The van der Waals surface area contributed by atoms with Gasteiger partial charge in [0, 0.05) is 0 Å². The molecule has 3 heteroatoms. The van der Waals surface area contributed by atoms with Crippen molar-refractivity contribution in [3.05, 3.63) is 0 Å². The van der Waals surface area contributed by atoms with E-state index >= 15 is 0 Å². The number of ketones is 1. The van der Waals surface area contributed by atoms with Gasteiger partial charge in [-0.15, -0.1) is 0 Å². The Bertz CT molecular complexity index is 294. The Morgan fingerprint density at radius 3 is 2.59 bits per heavy atom. The van der Waals surface area contributed by atoms with Crippen LogP contribution in [0.25, 0.3) is 0 Å². The van der Waals surface area contributed by atoms with Gasteiger partial charge < -0.3 is 4.74 Å². The number of hydrogen-bond donors (Lipinski definition) is 0. The first-order valence-corrected chi connectivity index (χ1v) is 6.49. The number of esters is 1. The number of rotatable bonds is 4. The topological polar surface area (TPSA) is 43.4 Å². The molecule has 3 nitrogen and oxygen atoms in total. The lowest BCUT2D eigenvalue weighted by atomic mass is 9.71. The lowest BCUT2D eigenvalue weighted by molar-refractivity contribution is -0.153. The molecular weight excluding hydrogens is 216 g/mol. The monoisotopic (exact) mass is 240 g/mol. The van der Waals surface area contributed by atoms with E-state index in [9.17, 15) is 9.59 Å². The zero-order chi connectivity index (χ0) is 13.1. The molecule has 1 aliphatic rings. The molecule has 17 heavy (non-hydrogen) atoms. The van der Waals surface area contributed by atoms with Gasteiger partial charge in [0.15, 0.2) is 0 Å². The fraction of sp³-hybridized carbons (Fsp3) is 0.857. The normalized spacial score (nSPS) is 25.1. The number of carbonyl (C=O) groups is 2. The van der Waals surface area contributed by atoms with E-state index in [4.69, 9.17) is 4.74 Å². The van der Waals surface area contributed by atoms with Crippen molar-refractivity contribution in [3.8, 4) is 0 Å². The van der Waals surface area contributed by atoms with Crippen LogP contribution in [0.3, 0.4) is 0 Å². The van der Waals surface area contributed by atoms with Crippen molar-refractivity contribution in [1.82, 2.24) is 0 Å². The molecule has 2 atom stereocenters. The summed E-state index contributed by atoms with van der Waals surface area (Å²) in [5.41, 5.74) is 0.351. The van der Waals surface area contributed by atoms with Crippen molar-refractivity contribution in [2.24, 2.45) is 11.3 Å². The zero-order valence-electron chi connectivity index (χ0n) is 11.4. The first-order chi connectivity index (χ1) is 7.80. The molecule has 1 rings (SSSR count). The molecule has 0 aromatic carbocycles. The standard InChI is InChI=1S/C14H24O3/c1-10(15)8-13(16)17-11(2)12-6-5-7-14(3,4)9-12/h11-12H,5-9H2,1-4H3. The van der Waals surface area contributed by atoms with Crippen LogP contribution < -0.4 is 0 Å². The highest BCUT2D eigenvalue weighted by molar-refractivity contribution is 5.94. The fourth-order valence-corrected chi connectivity index (χ4v) is 2.71. The van der Waals surface area contributed by atoms with Gasteiger partial charge in [0.05, 0.1) is 0 Å². The molecule has 0 aromatic heterocycles. The Labute approximate surface area is 104 Å². The fourth-order valence-electron chi connectivity index (χ4n) is 2.71. The van der Waals surface area contributed by atoms with E-state index in [1.807, 2.05) is 6.92 Å². The van der Waals surface area contributed by atoms with Gasteiger partial charge >= 0.3 is 5.97 Å². The van der Waals surface area contributed by atoms with Crippen LogP contribution in [-0.4, -0.2) is 17.9 Å². The largest absolute Gasteiger partial charge is 0.462 e. The van der Waals surface area contributed by atoms with Crippen molar-refractivity contribution < 1.29 is 14.3 Å². The Kier molecular flexibility index (Phi) is 4.72. The van der Waals surface area contributed by atoms with Gasteiger partial charge in [-0.25, -0.2) is 0 Å². The summed E-state index contributed by atoms with van der Waals surface area (Å²) in [7, 11) is 0. The number of ether oxygens (including phenoxy) is 1. The van der Waals surface area contributed by atoms with E-state index in [0.717, 1.165) is 12.8 Å². The summed E-state index contributed by atoms with van der Waals surface area (Å²) in [4.78, 5) is 22.2. The predicted octanol–water partition coefficient (Wildman–Crippen LogP) is 3.11. The Hall–Kier alpha value is -0.860. The van der Waals surface area contributed by atoms with Crippen molar-refractivity contribution >= 4 is 11.8 Å². The molecule has 0 aromatic rings. The molecule has 0 aliphatic heterocycles. The van der Waals surface area contributed by atoms with Gasteiger partial charge in [0.2, 0.25) is 0 Å². The summed E-state index contributed by atoms with van der Waals surface area (Å²) in [6.45, 7) is 7.90. The van der Waals surface area contributed by atoms with Gasteiger partial charge in [0.1, 0.15) is 18.3 Å². The summed E-state index contributed by atoms with van der Waals surface area (Å²) < 4.78 is 5.33. The maximum atomic E-state index is 11.4. The van der Waals surface area contributed by atoms with Crippen LogP contribution in [0.4, 0.5) is 0 Å². The summed E-state index contributed by atoms with van der Waals surface area (Å²) in [5.74, 6) is -0.0748. The SMILES string of the molecule is CC(=O)CC(=O)OC(C)C1CCCC(C)(C)C1. The molecule has 0 bridgehead atoms. The average molecular weight is 240 g/mol. The second-order valence-electron chi connectivity index (χ2n) is 6.09. The lowest BCUT2D eigenvalue weighted by Crippen LogP contribution is -2.32. The molecule has 1 aliphatic carbocycles. The first kappa shape index (κ1) is 14.2. The molecule has 1 saturated carbocycles. The van der Waals surface area contributed by atoms with E-state index in [2.05, 4.69) is 13.8 Å². The minimum atomic E-state index is -0.381. The molecular formula is C14H24O3. The molecule has 0 radical (unpaired) electrons. The number of Topliss-reactive ketones (excluding diaryl/α,β-unsaturated/α-hetero) is 1. The smallest absolute Gasteiger partial charge is 0.313 e. The third-order valence-electron chi connectivity index (χ3n) is 3.62. The molecule has 0 spiro atoms. The van der Waals surface area contributed by atoms with Crippen LogP contribution in [0.5, 0.6) is 0 Å². The van der Waals surface area contributed by atoms with E-state index in [1.54, 1.807) is 0 Å². The molecule has 1 fully saturated rings. The quantitative estimate of drug-likeness (QED) is 0.560. The summed E-state index contributed by atoms with van der Waals surface area (Å²) in [6, 6.07) is 0. The number of carbonyl (C=O) groups excluding carboxylic acids is 2. The highest BCUT2D eigenvalue weighted by Gasteiger charge is 2.32. The van der Waals surface area contributed by atoms with Crippen molar-refractivity contribution in [2.45, 2.75) is 65.9 Å². The second-order valence-corrected chi connectivity index (χ2v) is 6.09. The van der Waals surface area contributed by atoms with Gasteiger partial charge in [-0.05, 0) is 44.4 Å². The van der Waals surface area contributed by atoms with E-state index < -0.39 is 0 Å². The van der Waals surface area contributed by atoms with Crippen LogP contribution >= 0.6 is 0 Å². The lowest BCUT2D eigenvalue weighted by Gasteiger charge is -2.37. The Balaban J connectivity index is 2.44. The summed E-state index contributed by atoms with van der Waals surface area (Å²) in [6.07, 6.45) is 4.51. The summed E-state index contributed by atoms with van der Waals surface area (Å²) >= 11 is 0.